The number of fused-ring (bicyclic) bond motifs is 1. The third kappa shape index (κ3) is 5.42. The summed E-state index contributed by atoms with van der Waals surface area (Å²) in [6, 6.07) is 15.1. The Morgan fingerprint density at radius 1 is 1.18 bits per heavy atom. The molecular formula is C26H31N3O4. The molecule has 0 spiro atoms. The van der Waals surface area contributed by atoms with Crippen molar-refractivity contribution in [2.24, 2.45) is 11.8 Å². The Hall–Kier alpha value is -3.19. The highest BCUT2D eigenvalue weighted by atomic mass is 16.5. The lowest BCUT2D eigenvalue weighted by Crippen LogP contribution is -2.42. The van der Waals surface area contributed by atoms with Crippen LogP contribution in [0.5, 0.6) is 0 Å². The van der Waals surface area contributed by atoms with Crippen molar-refractivity contribution in [1.82, 2.24) is 15.2 Å². The van der Waals surface area contributed by atoms with Crippen molar-refractivity contribution in [2.75, 3.05) is 33.4 Å². The number of aromatic nitrogens is 1. The minimum absolute atomic E-state index is 0.00955. The second kappa shape index (κ2) is 10.6. The SMILES string of the molecule is COCCCNC(=O)[C@H](C)C1CCN(C(=O)c2ccc3nc(-c4ccccc4)oc3c2)CC1. The Labute approximate surface area is 194 Å². The van der Waals surface area contributed by atoms with E-state index in [1.54, 1.807) is 13.2 Å². The molecule has 1 fully saturated rings. The van der Waals surface area contributed by atoms with Crippen LogP contribution in [0.15, 0.2) is 52.9 Å². The standard InChI is InChI=1S/C26H31N3O4/c1-18(24(30)27-13-6-16-32-2)19-11-14-29(15-12-19)26(31)21-9-10-22-23(17-21)33-25(28-22)20-7-4-3-5-8-20/h3-5,7-10,17-19H,6,11-16H2,1-2H3,(H,27,30)/t18-/m1/s1. The van der Waals surface area contributed by atoms with Gasteiger partial charge in [0.1, 0.15) is 5.52 Å². The summed E-state index contributed by atoms with van der Waals surface area (Å²) >= 11 is 0. The Kier molecular flexibility index (Phi) is 7.40. The van der Waals surface area contributed by atoms with Gasteiger partial charge in [-0.1, -0.05) is 25.1 Å². The predicted molar refractivity (Wildman–Crippen MR) is 127 cm³/mol. The van der Waals surface area contributed by atoms with Crippen molar-refractivity contribution in [3.8, 4) is 11.5 Å². The molecule has 4 rings (SSSR count). The molecule has 1 atom stereocenters. The maximum Gasteiger partial charge on any atom is 0.253 e. The van der Waals surface area contributed by atoms with E-state index in [0.717, 1.165) is 30.3 Å². The average Bonchev–Trinajstić information content (AvgIpc) is 3.30. The van der Waals surface area contributed by atoms with Gasteiger partial charge in [0, 0.05) is 50.4 Å². The molecule has 0 bridgehead atoms. The zero-order chi connectivity index (χ0) is 23.2. The summed E-state index contributed by atoms with van der Waals surface area (Å²) in [5.74, 6) is 0.837. The van der Waals surface area contributed by atoms with Gasteiger partial charge in [-0.15, -0.1) is 0 Å². The molecule has 3 aromatic rings. The molecule has 2 heterocycles. The Morgan fingerprint density at radius 2 is 1.94 bits per heavy atom. The van der Waals surface area contributed by atoms with Gasteiger partial charge in [0.2, 0.25) is 11.8 Å². The summed E-state index contributed by atoms with van der Waals surface area (Å²) in [5.41, 5.74) is 2.84. The monoisotopic (exact) mass is 449 g/mol. The van der Waals surface area contributed by atoms with Crippen molar-refractivity contribution in [3.05, 3.63) is 54.1 Å². The number of oxazole rings is 1. The highest BCUT2D eigenvalue weighted by molar-refractivity contribution is 5.97. The fourth-order valence-corrected chi connectivity index (χ4v) is 4.35. The number of rotatable bonds is 8. The molecule has 1 aromatic heterocycles. The first kappa shape index (κ1) is 23.0. The first-order valence-corrected chi connectivity index (χ1v) is 11.6. The highest BCUT2D eigenvalue weighted by Crippen LogP contribution is 2.28. The average molecular weight is 450 g/mol. The number of amides is 2. The normalized spacial score (nSPS) is 15.5. The van der Waals surface area contributed by atoms with Crippen LogP contribution in [-0.2, 0) is 9.53 Å². The van der Waals surface area contributed by atoms with Crippen LogP contribution in [0.4, 0.5) is 0 Å². The number of carbonyl (C=O) groups is 2. The van der Waals surface area contributed by atoms with Crippen LogP contribution in [0.3, 0.4) is 0 Å². The Bertz CT molecular complexity index is 1090. The molecule has 2 aromatic carbocycles. The van der Waals surface area contributed by atoms with Crippen LogP contribution in [0.1, 0.15) is 36.5 Å². The van der Waals surface area contributed by atoms with Crippen molar-refractivity contribution < 1.29 is 18.7 Å². The molecule has 0 unspecified atom stereocenters. The first-order chi connectivity index (χ1) is 16.1. The summed E-state index contributed by atoms with van der Waals surface area (Å²) in [7, 11) is 1.66. The second-order valence-corrected chi connectivity index (χ2v) is 8.62. The summed E-state index contributed by atoms with van der Waals surface area (Å²) < 4.78 is 10.9. The topological polar surface area (TPSA) is 84.7 Å². The minimum atomic E-state index is -0.0632. The zero-order valence-corrected chi connectivity index (χ0v) is 19.3. The number of methoxy groups -OCH3 is 1. The highest BCUT2D eigenvalue weighted by Gasteiger charge is 2.30. The predicted octanol–water partition coefficient (Wildman–Crippen LogP) is 4.14. The molecular weight excluding hydrogens is 418 g/mol. The van der Waals surface area contributed by atoms with E-state index in [0.29, 0.717) is 43.3 Å². The third-order valence-corrected chi connectivity index (χ3v) is 6.43. The lowest BCUT2D eigenvalue weighted by Gasteiger charge is -2.34. The van der Waals surface area contributed by atoms with Gasteiger partial charge in [-0.05, 0) is 55.5 Å². The molecule has 7 nitrogen and oxygen atoms in total. The lowest BCUT2D eigenvalue weighted by atomic mass is 9.84. The summed E-state index contributed by atoms with van der Waals surface area (Å²) in [5, 5.41) is 2.99. The van der Waals surface area contributed by atoms with E-state index in [1.807, 2.05) is 54.3 Å². The molecule has 7 heteroatoms. The maximum absolute atomic E-state index is 13.1. The maximum atomic E-state index is 13.1. The fraction of sp³-hybridized carbons (Fsp3) is 0.423. The van der Waals surface area contributed by atoms with Crippen molar-refractivity contribution in [3.63, 3.8) is 0 Å². The summed E-state index contributed by atoms with van der Waals surface area (Å²) in [6.07, 6.45) is 2.45. The van der Waals surface area contributed by atoms with Gasteiger partial charge in [0.05, 0.1) is 0 Å². The first-order valence-electron chi connectivity index (χ1n) is 11.6. The van der Waals surface area contributed by atoms with E-state index in [9.17, 15) is 9.59 Å². The quantitative estimate of drug-likeness (QED) is 0.523. The van der Waals surface area contributed by atoms with Gasteiger partial charge in [0.25, 0.3) is 5.91 Å². The van der Waals surface area contributed by atoms with E-state index >= 15 is 0 Å². The van der Waals surface area contributed by atoms with Gasteiger partial charge >= 0.3 is 0 Å². The molecule has 1 aliphatic rings. The van der Waals surface area contributed by atoms with E-state index in [2.05, 4.69) is 10.3 Å². The third-order valence-electron chi connectivity index (χ3n) is 6.43. The number of hydrogen-bond acceptors (Lipinski definition) is 5. The molecule has 1 aliphatic heterocycles. The molecule has 1 saturated heterocycles. The van der Waals surface area contributed by atoms with Crippen LogP contribution >= 0.6 is 0 Å². The number of piperidine rings is 1. The molecule has 0 aliphatic carbocycles. The van der Waals surface area contributed by atoms with E-state index < -0.39 is 0 Å². The second-order valence-electron chi connectivity index (χ2n) is 8.62. The largest absolute Gasteiger partial charge is 0.436 e. The number of hydrogen-bond donors (Lipinski definition) is 1. The van der Waals surface area contributed by atoms with Gasteiger partial charge < -0.3 is 19.4 Å². The number of nitrogens with zero attached hydrogens (tertiary/aromatic N) is 2. The number of likely N-dealkylation sites (tertiary alicyclic amines) is 1. The summed E-state index contributed by atoms with van der Waals surface area (Å²) in [6.45, 7) is 4.55. The van der Waals surface area contributed by atoms with Crippen molar-refractivity contribution in [2.45, 2.75) is 26.2 Å². The lowest BCUT2D eigenvalue weighted by molar-refractivity contribution is -0.126. The molecule has 174 valence electrons. The Balaban J connectivity index is 1.35. The van der Waals surface area contributed by atoms with Gasteiger partial charge in [0.15, 0.2) is 5.58 Å². The smallest absolute Gasteiger partial charge is 0.253 e. The van der Waals surface area contributed by atoms with Gasteiger partial charge in [-0.2, -0.15) is 0 Å². The van der Waals surface area contributed by atoms with Crippen LogP contribution < -0.4 is 5.32 Å². The van der Waals surface area contributed by atoms with Crippen molar-refractivity contribution in [1.29, 1.82) is 0 Å². The number of ether oxygens (including phenoxy) is 1. The van der Waals surface area contributed by atoms with Crippen LogP contribution in [0.25, 0.3) is 22.6 Å². The summed E-state index contributed by atoms with van der Waals surface area (Å²) in [4.78, 5) is 31.9. The fourth-order valence-electron chi connectivity index (χ4n) is 4.35. The van der Waals surface area contributed by atoms with Gasteiger partial charge in [-0.25, -0.2) is 4.98 Å². The Morgan fingerprint density at radius 3 is 2.67 bits per heavy atom. The molecule has 0 saturated carbocycles. The van der Waals surface area contributed by atoms with E-state index in [-0.39, 0.29) is 23.7 Å². The van der Waals surface area contributed by atoms with Crippen LogP contribution in [-0.4, -0.2) is 55.0 Å². The molecule has 2 amide bonds. The van der Waals surface area contributed by atoms with Gasteiger partial charge in [-0.3, -0.25) is 9.59 Å². The number of carbonyl (C=O) groups excluding carboxylic acids is 2. The van der Waals surface area contributed by atoms with E-state index in [1.165, 1.54) is 0 Å². The number of nitrogens with one attached hydrogen (secondary N) is 1. The van der Waals surface area contributed by atoms with Crippen LogP contribution in [0, 0.1) is 11.8 Å². The molecule has 0 radical (unpaired) electrons. The zero-order valence-electron chi connectivity index (χ0n) is 19.3. The molecule has 33 heavy (non-hydrogen) atoms. The van der Waals surface area contributed by atoms with Crippen molar-refractivity contribution >= 4 is 22.9 Å². The minimum Gasteiger partial charge on any atom is -0.436 e. The number of benzene rings is 2. The molecule has 1 N–H and O–H groups in total. The van der Waals surface area contributed by atoms with Crippen LogP contribution in [0.2, 0.25) is 0 Å². The van der Waals surface area contributed by atoms with E-state index in [4.69, 9.17) is 9.15 Å².